The van der Waals surface area contributed by atoms with Gasteiger partial charge in [0.1, 0.15) is 0 Å². The van der Waals surface area contributed by atoms with Gasteiger partial charge in [-0.25, -0.2) is 4.98 Å². The first-order valence-corrected chi connectivity index (χ1v) is 11.8. The second-order valence-corrected chi connectivity index (χ2v) is 9.59. The van der Waals surface area contributed by atoms with Gasteiger partial charge in [0.05, 0.1) is 21.8 Å². The average molecular weight is 472 g/mol. The van der Waals surface area contributed by atoms with E-state index in [2.05, 4.69) is 5.32 Å². The maximum atomic E-state index is 13.5. The van der Waals surface area contributed by atoms with Crippen LogP contribution >= 0.6 is 11.8 Å². The fraction of sp³-hybridized carbons (Fsp3) is 0.185. The van der Waals surface area contributed by atoms with E-state index in [9.17, 15) is 14.4 Å². The topological polar surface area (TPSA) is 81.1 Å². The van der Waals surface area contributed by atoms with Crippen molar-refractivity contribution < 1.29 is 9.59 Å². The first-order chi connectivity index (χ1) is 16.2. The van der Waals surface area contributed by atoms with Crippen LogP contribution in [0.4, 0.5) is 5.69 Å². The van der Waals surface area contributed by atoms with Crippen molar-refractivity contribution in [3.63, 3.8) is 0 Å². The molecule has 1 heterocycles. The number of para-hydroxylation sites is 1. The number of fused-ring (bicyclic) bond motifs is 1. The summed E-state index contributed by atoms with van der Waals surface area (Å²) in [6, 6.07) is 19.9. The molecular weight excluding hydrogens is 446 g/mol. The second kappa shape index (κ2) is 9.65. The Morgan fingerprint density at radius 1 is 0.971 bits per heavy atom. The van der Waals surface area contributed by atoms with Gasteiger partial charge < -0.3 is 5.32 Å². The molecule has 0 radical (unpaired) electrons. The molecule has 1 unspecified atom stereocenters. The summed E-state index contributed by atoms with van der Waals surface area (Å²) in [5.74, 6) is -0.261. The third kappa shape index (κ3) is 4.94. The molecule has 0 saturated heterocycles. The summed E-state index contributed by atoms with van der Waals surface area (Å²) in [6.07, 6.45) is 0. The number of Topliss-reactive ketones (excluding diaryl/α,β-unsaturated/α-hetero) is 1. The Morgan fingerprint density at radius 3 is 2.26 bits per heavy atom. The zero-order valence-electron chi connectivity index (χ0n) is 19.5. The van der Waals surface area contributed by atoms with Crippen LogP contribution in [0.3, 0.4) is 0 Å². The summed E-state index contributed by atoms with van der Waals surface area (Å²) in [5.41, 5.74) is 4.37. The Hall–Kier alpha value is -3.71. The average Bonchev–Trinajstić information content (AvgIpc) is 2.79. The Kier molecular flexibility index (Phi) is 6.65. The molecule has 4 rings (SSSR count). The Balaban J connectivity index is 1.69. The lowest BCUT2D eigenvalue weighted by molar-refractivity contribution is -0.115. The Bertz CT molecular complexity index is 1440. The maximum absolute atomic E-state index is 13.5. The SMILES string of the molecule is CC(=O)c1ccc(NC(=O)C(C)Sc2nc3ccccc3c(=O)n2-c2cc(C)cc(C)c2)cc1. The van der Waals surface area contributed by atoms with Gasteiger partial charge >= 0.3 is 0 Å². The molecule has 1 N–H and O–H groups in total. The number of thioether (sulfide) groups is 1. The molecule has 0 aliphatic heterocycles. The van der Waals surface area contributed by atoms with Crippen molar-refractivity contribution in [3.05, 3.63) is 93.8 Å². The molecule has 34 heavy (non-hydrogen) atoms. The highest BCUT2D eigenvalue weighted by Crippen LogP contribution is 2.27. The number of ketones is 1. The molecule has 1 atom stereocenters. The molecule has 1 aromatic heterocycles. The van der Waals surface area contributed by atoms with Crippen LogP contribution < -0.4 is 10.9 Å². The number of aromatic nitrogens is 2. The Labute approximate surface area is 202 Å². The highest BCUT2D eigenvalue weighted by molar-refractivity contribution is 8.00. The summed E-state index contributed by atoms with van der Waals surface area (Å²) >= 11 is 1.23. The van der Waals surface area contributed by atoms with E-state index < -0.39 is 5.25 Å². The van der Waals surface area contributed by atoms with Crippen molar-refractivity contribution in [2.24, 2.45) is 0 Å². The standard InChI is InChI=1S/C27H25N3O3S/c1-16-13-17(2)15-22(14-16)30-26(33)23-7-5-6-8-24(23)29-27(30)34-19(4)25(32)28-21-11-9-20(10-12-21)18(3)31/h5-15,19H,1-4H3,(H,28,32). The number of anilines is 1. The second-order valence-electron chi connectivity index (χ2n) is 8.28. The number of carbonyl (C=O) groups is 2. The number of carbonyl (C=O) groups excluding carboxylic acids is 2. The highest BCUT2D eigenvalue weighted by Gasteiger charge is 2.21. The predicted molar refractivity (Wildman–Crippen MR) is 137 cm³/mol. The van der Waals surface area contributed by atoms with Crippen molar-refractivity contribution in [2.75, 3.05) is 5.32 Å². The van der Waals surface area contributed by atoms with Gasteiger partial charge in [-0.3, -0.25) is 19.0 Å². The van der Waals surface area contributed by atoms with Crippen LogP contribution in [0.25, 0.3) is 16.6 Å². The van der Waals surface area contributed by atoms with Gasteiger partial charge in [0, 0.05) is 11.3 Å². The van der Waals surface area contributed by atoms with E-state index in [-0.39, 0.29) is 17.2 Å². The van der Waals surface area contributed by atoms with E-state index in [1.807, 2.05) is 44.2 Å². The summed E-state index contributed by atoms with van der Waals surface area (Å²) in [5, 5.41) is 3.31. The normalized spacial score (nSPS) is 11.9. The molecule has 0 fully saturated rings. The first-order valence-electron chi connectivity index (χ1n) is 10.9. The monoisotopic (exact) mass is 471 g/mol. The number of benzene rings is 3. The van der Waals surface area contributed by atoms with Crippen molar-refractivity contribution in [1.82, 2.24) is 9.55 Å². The molecule has 0 bridgehead atoms. The van der Waals surface area contributed by atoms with E-state index in [1.165, 1.54) is 18.7 Å². The molecule has 172 valence electrons. The van der Waals surface area contributed by atoms with E-state index in [0.29, 0.717) is 27.3 Å². The van der Waals surface area contributed by atoms with Crippen molar-refractivity contribution in [1.29, 1.82) is 0 Å². The maximum Gasteiger partial charge on any atom is 0.266 e. The fourth-order valence-corrected chi connectivity index (χ4v) is 4.67. The van der Waals surface area contributed by atoms with Crippen LogP contribution in [0.2, 0.25) is 0 Å². The molecule has 7 heteroatoms. The molecule has 4 aromatic rings. The highest BCUT2D eigenvalue weighted by atomic mass is 32.2. The minimum atomic E-state index is -0.530. The summed E-state index contributed by atoms with van der Waals surface area (Å²) in [4.78, 5) is 42.6. The van der Waals surface area contributed by atoms with Gasteiger partial charge in [0.2, 0.25) is 5.91 Å². The van der Waals surface area contributed by atoms with Crippen molar-refractivity contribution >= 4 is 40.0 Å². The lowest BCUT2D eigenvalue weighted by atomic mass is 10.1. The molecule has 0 saturated carbocycles. The van der Waals surface area contributed by atoms with Gasteiger partial charge in [0.15, 0.2) is 10.9 Å². The number of amides is 1. The van der Waals surface area contributed by atoms with Crippen LogP contribution in [0, 0.1) is 13.8 Å². The number of nitrogens with one attached hydrogen (secondary N) is 1. The number of nitrogens with zero attached hydrogens (tertiary/aromatic N) is 2. The summed E-state index contributed by atoms with van der Waals surface area (Å²) < 4.78 is 1.58. The van der Waals surface area contributed by atoms with Gasteiger partial charge in [-0.15, -0.1) is 0 Å². The quantitative estimate of drug-likeness (QED) is 0.234. The third-order valence-corrected chi connectivity index (χ3v) is 6.47. The van der Waals surface area contributed by atoms with Gasteiger partial charge in [-0.1, -0.05) is 30.0 Å². The number of hydrogen-bond acceptors (Lipinski definition) is 5. The molecule has 0 spiro atoms. The molecule has 1 amide bonds. The first kappa shape index (κ1) is 23.4. The minimum Gasteiger partial charge on any atom is -0.325 e. The molecular formula is C27H25N3O3S. The lowest BCUT2D eigenvalue weighted by Crippen LogP contribution is -2.26. The minimum absolute atomic E-state index is 0.0338. The van der Waals surface area contributed by atoms with Gasteiger partial charge in [-0.2, -0.15) is 0 Å². The van der Waals surface area contributed by atoms with Crippen LogP contribution in [0.15, 0.2) is 76.7 Å². The van der Waals surface area contributed by atoms with Crippen LogP contribution in [-0.2, 0) is 4.79 Å². The van der Waals surface area contributed by atoms with Gasteiger partial charge in [-0.05, 0) is 87.4 Å². The molecule has 6 nitrogen and oxygen atoms in total. The van der Waals surface area contributed by atoms with Crippen LogP contribution in [0.5, 0.6) is 0 Å². The summed E-state index contributed by atoms with van der Waals surface area (Å²) in [6.45, 7) is 7.24. The third-order valence-electron chi connectivity index (χ3n) is 5.42. The molecule has 0 aliphatic carbocycles. The molecule has 3 aromatic carbocycles. The Morgan fingerprint density at radius 2 is 1.62 bits per heavy atom. The largest absolute Gasteiger partial charge is 0.325 e. The predicted octanol–water partition coefficient (Wildman–Crippen LogP) is 5.32. The summed E-state index contributed by atoms with van der Waals surface area (Å²) in [7, 11) is 0. The van der Waals surface area contributed by atoms with Crippen LogP contribution in [-0.4, -0.2) is 26.5 Å². The zero-order chi connectivity index (χ0) is 24.4. The molecule has 0 aliphatic rings. The number of rotatable bonds is 6. The van der Waals surface area contributed by atoms with Crippen molar-refractivity contribution in [2.45, 2.75) is 38.1 Å². The van der Waals surface area contributed by atoms with E-state index in [0.717, 1.165) is 16.8 Å². The fourth-order valence-electron chi connectivity index (χ4n) is 3.74. The van der Waals surface area contributed by atoms with E-state index in [1.54, 1.807) is 47.9 Å². The zero-order valence-corrected chi connectivity index (χ0v) is 20.3. The lowest BCUT2D eigenvalue weighted by Gasteiger charge is -2.17. The van der Waals surface area contributed by atoms with E-state index >= 15 is 0 Å². The van der Waals surface area contributed by atoms with Crippen LogP contribution in [0.1, 0.15) is 35.3 Å². The smallest absolute Gasteiger partial charge is 0.266 e. The van der Waals surface area contributed by atoms with Gasteiger partial charge in [0.25, 0.3) is 5.56 Å². The van der Waals surface area contributed by atoms with E-state index in [4.69, 9.17) is 4.98 Å². The number of aryl methyl sites for hydroxylation is 2. The van der Waals surface area contributed by atoms with Crippen molar-refractivity contribution in [3.8, 4) is 5.69 Å². The number of hydrogen-bond donors (Lipinski definition) is 1.